The summed E-state index contributed by atoms with van der Waals surface area (Å²) in [5, 5.41) is 3.24. The predicted molar refractivity (Wildman–Crippen MR) is 58.7 cm³/mol. The molecule has 1 aliphatic heterocycles. The lowest BCUT2D eigenvalue weighted by Gasteiger charge is -2.39. The van der Waals surface area contributed by atoms with Gasteiger partial charge in [-0.05, 0) is 14.1 Å². The maximum absolute atomic E-state index is 5.10. The molecule has 1 heterocycles. The Kier molecular flexibility index (Phi) is 5.40. The maximum atomic E-state index is 5.10. The van der Waals surface area contributed by atoms with Crippen molar-refractivity contribution in [1.82, 2.24) is 15.1 Å². The minimum atomic E-state index is 0.644. The molecule has 1 aliphatic rings. The van der Waals surface area contributed by atoms with Gasteiger partial charge in [-0.3, -0.25) is 9.80 Å². The van der Waals surface area contributed by atoms with Crippen molar-refractivity contribution in [2.24, 2.45) is 0 Å². The van der Waals surface area contributed by atoms with Crippen LogP contribution in [0.4, 0.5) is 0 Å². The largest absolute Gasteiger partial charge is 0.383 e. The lowest BCUT2D eigenvalue weighted by atomic mass is 10.2. The molecular formula is C10H23N3O. The zero-order valence-corrected chi connectivity index (χ0v) is 9.62. The first kappa shape index (κ1) is 11.9. The predicted octanol–water partition coefficient (Wildman–Crippen LogP) is -0.532. The number of methoxy groups -OCH3 is 1. The van der Waals surface area contributed by atoms with Gasteiger partial charge in [0.15, 0.2) is 0 Å². The topological polar surface area (TPSA) is 27.7 Å². The van der Waals surface area contributed by atoms with Crippen LogP contribution >= 0.6 is 0 Å². The molecule has 0 aromatic rings. The van der Waals surface area contributed by atoms with E-state index in [1.165, 1.54) is 6.54 Å². The molecule has 1 N–H and O–H groups in total. The number of rotatable bonds is 5. The van der Waals surface area contributed by atoms with Gasteiger partial charge in [0.25, 0.3) is 0 Å². The lowest BCUT2D eigenvalue weighted by Crippen LogP contribution is -2.55. The van der Waals surface area contributed by atoms with Gasteiger partial charge >= 0.3 is 0 Å². The zero-order chi connectivity index (χ0) is 10.4. The Bertz CT molecular complexity index is 152. The summed E-state index contributed by atoms with van der Waals surface area (Å²) in [5.41, 5.74) is 0. The van der Waals surface area contributed by atoms with Crippen LogP contribution in [0, 0.1) is 0 Å². The second-order valence-corrected chi connectivity index (χ2v) is 3.99. The third-order valence-electron chi connectivity index (χ3n) is 2.91. The third kappa shape index (κ3) is 3.53. The van der Waals surface area contributed by atoms with Crippen LogP contribution in [-0.4, -0.2) is 76.4 Å². The molecule has 0 amide bonds. The van der Waals surface area contributed by atoms with Crippen molar-refractivity contribution < 1.29 is 4.74 Å². The smallest absolute Gasteiger partial charge is 0.0589 e. The van der Waals surface area contributed by atoms with E-state index in [9.17, 15) is 0 Å². The van der Waals surface area contributed by atoms with Crippen LogP contribution < -0.4 is 5.32 Å². The number of hydrogen-bond acceptors (Lipinski definition) is 4. The Hall–Kier alpha value is -0.160. The number of ether oxygens (including phenoxy) is 1. The first-order valence-electron chi connectivity index (χ1n) is 5.34. The van der Waals surface area contributed by atoms with Crippen molar-refractivity contribution in [3.63, 3.8) is 0 Å². The van der Waals surface area contributed by atoms with Gasteiger partial charge in [0.05, 0.1) is 6.61 Å². The molecule has 1 saturated heterocycles. The first-order chi connectivity index (χ1) is 6.77. The molecule has 0 radical (unpaired) electrons. The summed E-state index contributed by atoms with van der Waals surface area (Å²) in [4.78, 5) is 4.91. The normalized spacial score (nSPS) is 25.5. The summed E-state index contributed by atoms with van der Waals surface area (Å²) in [5.74, 6) is 0. The molecule has 0 bridgehead atoms. The maximum Gasteiger partial charge on any atom is 0.0589 e. The Morgan fingerprint density at radius 3 is 2.86 bits per heavy atom. The highest BCUT2D eigenvalue weighted by molar-refractivity contribution is 4.81. The SMILES string of the molecule is CNCC1CN(CCOC)CCN1C. The lowest BCUT2D eigenvalue weighted by molar-refractivity contribution is 0.0718. The van der Waals surface area contributed by atoms with E-state index in [2.05, 4.69) is 22.2 Å². The number of nitrogens with one attached hydrogen (secondary N) is 1. The second-order valence-electron chi connectivity index (χ2n) is 3.99. The van der Waals surface area contributed by atoms with Crippen molar-refractivity contribution in [1.29, 1.82) is 0 Å². The van der Waals surface area contributed by atoms with Gasteiger partial charge in [0.1, 0.15) is 0 Å². The molecule has 1 fully saturated rings. The van der Waals surface area contributed by atoms with Crippen LogP contribution in [-0.2, 0) is 4.74 Å². The molecule has 14 heavy (non-hydrogen) atoms. The van der Waals surface area contributed by atoms with Crippen LogP contribution in [0.15, 0.2) is 0 Å². The molecule has 0 saturated carbocycles. The average Bonchev–Trinajstić information content (AvgIpc) is 2.19. The van der Waals surface area contributed by atoms with Gasteiger partial charge in [-0.15, -0.1) is 0 Å². The van der Waals surface area contributed by atoms with E-state index in [0.29, 0.717) is 6.04 Å². The molecule has 1 atom stereocenters. The fourth-order valence-electron chi connectivity index (χ4n) is 1.89. The van der Waals surface area contributed by atoms with Crippen LogP contribution in [0.1, 0.15) is 0 Å². The molecule has 1 rings (SSSR count). The molecule has 1 unspecified atom stereocenters. The van der Waals surface area contributed by atoms with E-state index in [4.69, 9.17) is 4.74 Å². The molecular weight excluding hydrogens is 178 g/mol. The monoisotopic (exact) mass is 201 g/mol. The molecule has 0 aromatic heterocycles. The summed E-state index contributed by atoms with van der Waals surface area (Å²) in [6, 6.07) is 0.644. The standard InChI is InChI=1S/C10H23N3O/c1-11-8-10-9-13(6-7-14-3)5-4-12(10)2/h10-11H,4-9H2,1-3H3. The summed E-state index contributed by atoms with van der Waals surface area (Å²) in [7, 11) is 5.98. The highest BCUT2D eigenvalue weighted by atomic mass is 16.5. The van der Waals surface area contributed by atoms with Crippen LogP contribution in [0.3, 0.4) is 0 Å². The molecule has 0 aromatic carbocycles. The minimum absolute atomic E-state index is 0.644. The van der Waals surface area contributed by atoms with Gasteiger partial charge in [-0.2, -0.15) is 0 Å². The van der Waals surface area contributed by atoms with E-state index in [-0.39, 0.29) is 0 Å². The Morgan fingerprint density at radius 1 is 1.43 bits per heavy atom. The second kappa shape index (κ2) is 6.35. The van der Waals surface area contributed by atoms with Gasteiger partial charge < -0.3 is 10.1 Å². The number of likely N-dealkylation sites (N-methyl/N-ethyl adjacent to an activating group) is 2. The Labute approximate surface area is 87.2 Å². The summed E-state index contributed by atoms with van der Waals surface area (Å²) in [6.45, 7) is 6.46. The van der Waals surface area contributed by atoms with Crippen molar-refractivity contribution in [3.8, 4) is 0 Å². The quantitative estimate of drug-likeness (QED) is 0.647. The van der Waals surface area contributed by atoms with Crippen molar-refractivity contribution in [3.05, 3.63) is 0 Å². The summed E-state index contributed by atoms with van der Waals surface area (Å²) < 4.78 is 5.10. The molecule has 84 valence electrons. The zero-order valence-electron chi connectivity index (χ0n) is 9.62. The molecule has 0 aliphatic carbocycles. The van der Waals surface area contributed by atoms with E-state index in [0.717, 1.165) is 32.8 Å². The van der Waals surface area contributed by atoms with E-state index in [1.54, 1.807) is 7.11 Å². The van der Waals surface area contributed by atoms with E-state index in [1.807, 2.05) is 7.05 Å². The number of hydrogen-bond donors (Lipinski definition) is 1. The van der Waals surface area contributed by atoms with Crippen molar-refractivity contribution in [2.75, 3.05) is 60.5 Å². The Morgan fingerprint density at radius 2 is 2.21 bits per heavy atom. The van der Waals surface area contributed by atoms with E-state index >= 15 is 0 Å². The summed E-state index contributed by atoms with van der Waals surface area (Å²) >= 11 is 0. The van der Waals surface area contributed by atoms with Crippen LogP contribution in [0.25, 0.3) is 0 Å². The van der Waals surface area contributed by atoms with Gasteiger partial charge in [-0.25, -0.2) is 0 Å². The van der Waals surface area contributed by atoms with Gasteiger partial charge in [-0.1, -0.05) is 0 Å². The third-order valence-corrected chi connectivity index (χ3v) is 2.91. The molecule has 4 nitrogen and oxygen atoms in total. The molecule has 0 spiro atoms. The number of nitrogens with zero attached hydrogens (tertiary/aromatic N) is 2. The molecule has 4 heteroatoms. The highest BCUT2D eigenvalue weighted by Gasteiger charge is 2.22. The highest BCUT2D eigenvalue weighted by Crippen LogP contribution is 2.06. The summed E-state index contributed by atoms with van der Waals surface area (Å²) in [6.07, 6.45) is 0. The van der Waals surface area contributed by atoms with Gasteiger partial charge in [0.2, 0.25) is 0 Å². The van der Waals surface area contributed by atoms with E-state index < -0.39 is 0 Å². The fourth-order valence-corrected chi connectivity index (χ4v) is 1.89. The Balaban J connectivity index is 2.29. The van der Waals surface area contributed by atoms with Crippen molar-refractivity contribution >= 4 is 0 Å². The van der Waals surface area contributed by atoms with Crippen LogP contribution in [0.5, 0.6) is 0 Å². The van der Waals surface area contributed by atoms with Crippen LogP contribution in [0.2, 0.25) is 0 Å². The first-order valence-corrected chi connectivity index (χ1v) is 5.34. The average molecular weight is 201 g/mol. The van der Waals surface area contributed by atoms with Crippen molar-refractivity contribution in [2.45, 2.75) is 6.04 Å². The fraction of sp³-hybridized carbons (Fsp3) is 1.00. The minimum Gasteiger partial charge on any atom is -0.383 e. The van der Waals surface area contributed by atoms with Gasteiger partial charge in [0, 0.05) is 45.9 Å². The number of piperazine rings is 1.